The van der Waals surface area contributed by atoms with E-state index in [9.17, 15) is 14.4 Å². The van der Waals surface area contributed by atoms with Crippen molar-refractivity contribution in [3.8, 4) is 6.07 Å². The Morgan fingerprint density at radius 2 is 2.15 bits per heavy atom. The number of nitriles is 1. The molecule has 5 heteroatoms. The van der Waals surface area contributed by atoms with Gasteiger partial charge in [-0.15, -0.1) is 0 Å². The molecule has 1 N–H and O–H groups in total. The van der Waals surface area contributed by atoms with E-state index in [2.05, 4.69) is 18.3 Å². The maximum Gasteiger partial charge on any atom is 0.255 e. The van der Waals surface area contributed by atoms with Gasteiger partial charge in [-0.05, 0) is 43.7 Å². The van der Waals surface area contributed by atoms with Crippen molar-refractivity contribution in [1.82, 2.24) is 5.32 Å². The summed E-state index contributed by atoms with van der Waals surface area (Å²) in [5.41, 5.74) is -1.01. The molecule has 0 spiro atoms. The van der Waals surface area contributed by atoms with Gasteiger partial charge in [-0.25, -0.2) is 4.39 Å². The van der Waals surface area contributed by atoms with E-state index in [0.717, 1.165) is 12.8 Å². The molecule has 1 aromatic carbocycles. The van der Waals surface area contributed by atoms with Crippen molar-refractivity contribution in [3.63, 3.8) is 0 Å². The second-order valence-electron chi connectivity index (χ2n) is 5.43. The quantitative estimate of drug-likeness (QED) is 0.904. The highest BCUT2D eigenvalue weighted by molar-refractivity contribution is 6.31. The second kappa shape index (κ2) is 5.80. The lowest BCUT2D eigenvalue weighted by Crippen LogP contribution is -2.49. The highest BCUT2D eigenvalue weighted by Crippen LogP contribution is 2.32. The Morgan fingerprint density at radius 3 is 2.75 bits per heavy atom. The highest BCUT2D eigenvalue weighted by atomic mass is 35.5. The van der Waals surface area contributed by atoms with E-state index in [4.69, 9.17) is 11.6 Å². The average molecular weight is 295 g/mol. The van der Waals surface area contributed by atoms with Gasteiger partial charge in [0.15, 0.2) is 5.82 Å². The molecule has 2 rings (SSSR count). The minimum absolute atomic E-state index is 0.0964. The number of carbonyl (C=O) groups is 1. The van der Waals surface area contributed by atoms with E-state index in [1.807, 2.05) is 0 Å². The Bertz CT molecular complexity index is 559. The van der Waals surface area contributed by atoms with Crippen LogP contribution in [-0.4, -0.2) is 11.4 Å². The van der Waals surface area contributed by atoms with Crippen LogP contribution in [0.2, 0.25) is 5.02 Å². The summed E-state index contributed by atoms with van der Waals surface area (Å²) < 4.78 is 13.8. The number of halogens is 2. The van der Waals surface area contributed by atoms with E-state index in [0.29, 0.717) is 18.8 Å². The van der Waals surface area contributed by atoms with Gasteiger partial charge in [0, 0.05) is 0 Å². The van der Waals surface area contributed by atoms with Crippen LogP contribution in [0.3, 0.4) is 0 Å². The summed E-state index contributed by atoms with van der Waals surface area (Å²) >= 11 is 5.67. The van der Waals surface area contributed by atoms with Gasteiger partial charge in [0.1, 0.15) is 5.54 Å². The Hall–Kier alpha value is -1.60. The van der Waals surface area contributed by atoms with Gasteiger partial charge in [-0.2, -0.15) is 5.26 Å². The molecule has 1 aliphatic rings. The molecule has 1 saturated carbocycles. The molecular weight excluding hydrogens is 279 g/mol. The molecule has 0 saturated heterocycles. The van der Waals surface area contributed by atoms with Crippen LogP contribution in [0.4, 0.5) is 4.39 Å². The van der Waals surface area contributed by atoms with Crippen LogP contribution >= 0.6 is 11.6 Å². The van der Waals surface area contributed by atoms with Gasteiger partial charge in [-0.3, -0.25) is 4.79 Å². The molecule has 1 fully saturated rings. The minimum Gasteiger partial charge on any atom is -0.334 e. The number of carbonyl (C=O) groups excluding carboxylic acids is 1. The number of benzene rings is 1. The number of nitrogens with one attached hydrogen (secondary N) is 1. The molecule has 1 amide bonds. The number of hydrogen-bond acceptors (Lipinski definition) is 2. The molecule has 0 bridgehead atoms. The minimum atomic E-state index is -0.891. The number of rotatable bonds is 2. The molecule has 0 radical (unpaired) electrons. The predicted octanol–water partition coefficient (Wildman–Crippen LogP) is 3.68. The van der Waals surface area contributed by atoms with Crippen molar-refractivity contribution >= 4 is 17.5 Å². The Morgan fingerprint density at radius 1 is 1.50 bits per heavy atom. The lowest BCUT2D eigenvalue weighted by Gasteiger charge is -2.34. The largest absolute Gasteiger partial charge is 0.334 e. The summed E-state index contributed by atoms with van der Waals surface area (Å²) in [7, 11) is 0. The third kappa shape index (κ3) is 2.94. The Kier molecular flexibility index (Phi) is 4.29. The standard InChI is InChI=1S/C15H16ClFN2O/c1-10-5-7-15(9-18,8-6-10)19-14(20)11-3-2-4-12(16)13(11)17/h2-4,10H,5-8H2,1H3,(H,19,20). The zero-order chi connectivity index (χ0) is 14.8. The first kappa shape index (κ1) is 14.8. The number of nitrogens with zero attached hydrogens (tertiary/aromatic N) is 1. The van der Waals surface area contributed by atoms with Crippen LogP contribution in [0, 0.1) is 23.1 Å². The van der Waals surface area contributed by atoms with Gasteiger partial charge >= 0.3 is 0 Å². The first-order valence-electron chi connectivity index (χ1n) is 6.65. The monoisotopic (exact) mass is 294 g/mol. The first-order chi connectivity index (χ1) is 9.47. The van der Waals surface area contributed by atoms with Crippen LogP contribution in [0.5, 0.6) is 0 Å². The third-order valence-corrected chi connectivity index (χ3v) is 4.18. The van der Waals surface area contributed by atoms with Crippen LogP contribution in [-0.2, 0) is 0 Å². The van der Waals surface area contributed by atoms with Gasteiger partial charge < -0.3 is 5.32 Å². The average Bonchev–Trinajstić information content (AvgIpc) is 2.44. The van der Waals surface area contributed by atoms with Gasteiger partial charge in [0.05, 0.1) is 16.7 Å². The van der Waals surface area contributed by atoms with Crippen LogP contribution in [0.15, 0.2) is 18.2 Å². The van der Waals surface area contributed by atoms with E-state index in [1.54, 1.807) is 0 Å². The van der Waals surface area contributed by atoms with E-state index >= 15 is 0 Å². The fourth-order valence-electron chi connectivity index (χ4n) is 2.48. The maximum absolute atomic E-state index is 13.8. The fraction of sp³-hybridized carbons (Fsp3) is 0.467. The summed E-state index contributed by atoms with van der Waals surface area (Å²) in [5, 5.41) is 12.0. The van der Waals surface area contributed by atoms with E-state index in [1.165, 1.54) is 18.2 Å². The number of hydrogen-bond donors (Lipinski definition) is 1. The van der Waals surface area contributed by atoms with Crippen LogP contribution < -0.4 is 5.32 Å². The molecule has 0 atom stereocenters. The van der Waals surface area contributed by atoms with Crippen molar-refractivity contribution < 1.29 is 9.18 Å². The van der Waals surface area contributed by atoms with Crippen molar-refractivity contribution in [2.75, 3.05) is 0 Å². The van der Waals surface area contributed by atoms with Gasteiger partial charge in [0.2, 0.25) is 0 Å². The number of amides is 1. The zero-order valence-corrected chi connectivity index (χ0v) is 12.0. The third-order valence-electron chi connectivity index (χ3n) is 3.89. The summed E-state index contributed by atoms with van der Waals surface area (Å²) in [6.45, 7) is 2.12. The molecular formula is C15H16ClFN2O. The molecule has 1 aromatic rings. The molecule has 0 aromatic heterocycles. The van der Waals surface area contributed by atoms with Crippen molar-refractivity contribution in [1.29, 1.82) is 5.26 Å². The fourth-order valence-corrected chi connectivity index (χ4v) is 2.66. The molecule has 106 valence electrons. The van der Waals surface area contributed by atoms with Crippen molar-refractivity contribution in [2.45, 2.75) is 38.1 Å². The summed E-state index contributed by atoms with van der Waals surface area (Å²) in [6.07, 6.45) is 2.95. The van der Waals surface area contributed by atoms with Crippen molar-refractivity contribution in [2.24, 2.45) is 5.92 Å². The SMILES string of the molecule is CC1CCC(C#N)(NC(=O)c2cccc(Cl)c2F)CC1. The topological polar surface area (TPSA) is 52.9 Å². The lowest BCUT2D eigenvalue weighted by molar-refractivity contribution is 0.0890. The molecule has 0 heterocycles. The smallest absolute Gasteiger partial charge is 0.255 e. The molecule has 0 unspecified atom stereocenters. The molecule has 20 heavy (non-hydrogen) atoms. The van der Waals surface area contributed by atoms with Crippen LogP contribution in [0.1, 0.15) is 43.0 Å². The van der Waals surface area contributed by atoms with Crippen LogP contribution in [0.25, 0.3) is 0 Å². The van der Waals surface area contributed by atoms with Gasteiger partial charge in [0.25, 0.3) is 5.91 Å². The summed E-state index contributed by atoms with van der Waals surface area (Å²) in [4.78, 5) is 12.2. The Labute approximate surface area is 122 Å². The summed E-state index contributed by atoms with van der Waals surface area (Å²) in [6, 6.07) is 6.45. The molecule has 0 aliphatic heterocycles. The van der Waals surface area contributed by atoms with E-state index < -0.39 is 17.3 Å². The lowest BCUT2D eigenvalue weighted by atomic mass is 9.78. The first-order valence-corrected chi connectivity index (χ1v) is 7.03. The second-order valence-corrected chi connectivity index (χ2v) is 5.84. The normalized spacial score (nSPS) is 25.8. The maximum atomic E-state index is 13.8. The van der Waals surface area contributed by atoms with E-state index in [-0.39, 0.29) is 10.6 Å². The zero-order valence-electron chi connectivity index (χ0n) is 11.2. The highest BCUT2D eigenvalue weighted by Gasteiger charge is 2.36. The Balaban J connectivity index is 2.18. The molecule has 1 aliphatic carbocycles. The predicted molar refractivity (Wildman–Crippen MR) is 74.9 cm³/mol. The molecule has 3 nitrogen and oxygen atoms in total. The summed E-state index contributed by atoms with van der Waals surface area (Å²) in [5.74, 6) is -0.777. The van der Waals surface area contributed by atoms with Gasteiger partial charge in [-0.1, -0.05) is 24.6 Å². The van der Waals surface area contributed by atoms with Crippen molar-refractivity contribution in [3.05, 3.63) is 34.6 Å².